The second-order valence-electron chi connectivity index (χ2n) is 9.27. The van der Waals surface area contributed by atoms with E-state index in [0.29, 0.717) is 49.8 Å². The van der Waals surface area contributed by atoms with Crippen LogP contribution in [-0.4, -0.2) is 44.8 Å². The highest BCUT2D eigenvalue weighted by molar-refractivity contribution is 8.00. The van der Waals surface area contributed by atoms with E-state index in [1.807, 2.05) is 6.07 Å². The maximum atomic E-state index is 13.6. The Labute approximate surface area is 274 Å². The monoisotopic (exact) mass is 665 g/mol. The molecule has 4 aromatic rings. The van der Waals surface area contributed by atoms with E-state index in [4.69, 9.17) is 37.4 Å². The molecule has 3 N–H and O–H groups in total. The Morgan fingerprint density at radius 2 is 1.49 bits per heavy atom. The second kappa shape index (κ2) is 15.9. The van der Waals surface area contributed by atoms with E-state index in [-0.39, 0.29) is 17.4 Å². The van der Waals surface area contributed by atoms with Gasteiger partial charge in [0.15, 0.2) is 11.5 Å². The summed E-state index contributed by atoms with van der Waals surface area (Å²) in [6.45, 7) is 0. The van der Waals surface area contributed by atoms with Crippen LogP contribution in [0.1, 0.15) is 15.9 Å². The normalized spacial score (nSPS) is 10.9. The first kappa shape index (κ1) is 33.3. The Hall–Kier alpha value is -4.64. The quantitative estimate of drug-likeness (QED) is 0.109. The molecule has 4 aromatic carbocycles. The molecule has 0 aliphatic carbocycles. The minimum atomic E-state index is -0.589. The highest BCUT2D eigenvalue weighted by Gasteiger charge is 2.18. The highest BCUT2D eigenvalue weighted by Crippen LogP contribution is 2.36. The van der Waals surface area contributed by atoms with Gasteiger partial charge < -0.3 is 30.2 Å². The summed E-state index contributed by atoms with van der Waals surface area (Å²) in [4.78, 5) is 40.0. The fraction of sp³-hybridized carbons (Fsp3) is 0.121. The van der Waals surface area contributed by atoms with Crippen molar-refractivity contribution in [2.75, 3.05) is 37.7 Å². The van der Waals surface area contributed by atoms with Crippen LogP contribution in [-0.2, 0) is 9.59 Å². The average Bonchev–Trinajstić information content (AvgIpc) is 3.05. The Morgan fingerprint density at radius 1 is 0.778 bits per heavy atom. The SMILES string of the molecule is COc1cc(OC)c(OC)cc1/C=C(/NC(=O)c1ccccc1)C(=O)Nc1cccc(SCC(=O)Nc2ccc(Cl)cc2Cl)c1. The number of thioether (sulfide) groups is 1. The molecule has 0 aliphatic heterocycles. The molecular weight excluding hydrogens is 637 g/mol. The molecule has 0 saturated carbocycles. The van der Waals surface area contributed by atoms with Crippen LogP contribution in [0.2, 0.25) is 10.0 Å². The number of anilines is 2. The van der Waals surface area contributed by atoms with Crippen LogP contribution >= 0.6 is 35.0 Å². The molecule has 0 bridgehead atoms. The number of amides is 3. The van der Waals surface area contributed by atoms with E-state index in [0.717, 1.165) is 4.90 Å². The van der Waals surface area contributed by atoms with Gasteiger partial charge in [0.1, 0.15) is 11.4 Å². The fourth-order valence-corrected chi connectivity index (χ4v) is 5.26. The van der Waals surface area contributed by atoms with Gasteiger partial charge in [-0.05, 0) is 60.7 Å². The van der Waals surface area contributed by atoms with Crippen LogP contribution in [0.25, 0.3) is 6.08 Å². The lowest BCUT2D eigenvalue weighted by Crippen LogP contribution is -2.30. The maximum absolute atomic E-state index is 13.6. The lowest BCUT2D eigenvalue weighted by atomic mass is 10.1. The van der Waals surface area contributed by atoms with Gasteiger partial charge in [-0.15, -0.1) is 11.8 Å². The van der Waals surface area contributed by atoms with Gasteiger partial charge in [-0.1, -0.05) is 47.5 Å². The number of ether oxygens (including phenoxy) is 3. The molecule has 0 atom stereocenters. The molecule has 3 amide bonds. The standard InChI is InChI=1S/C33H29Cl2N3O6S/c1-42-28-18-30(44-3)29(43-2)15-21(28)14-27(38-32(40)20-8-5-4-6-9-20)33(41)36-23-10-7-11-24(17-23)45-19-31(39)37-26-13-12-22(34)16-25(26)35/h4-18H,19H2,1-3H3,(H,36,41)(H,37,39)(H,38,40)/b27-14+. The number of methoxy groups -OCH3 is 3. The number of hydrogen-bond acceptors (Lipinski definition) is 7. The summed E-state index contributed by atoms with van der Waals surface area (Å²) in [5.41, 5.74) is 1.68. The Bertz CT molecular complexity index is 1730. The molecule has 0 saturated heterocycles. The number of carbonyl (C=O) groups excluding carboxylic acids is 3. The zero-order valence-electron chi connectivity index (χ0n) is 24.5. The molecule has 0 spiro atoms. The van der Waals surface area contributed by atoms with E-state index < -0.39 is 11.8 Å². The summed E-state index contributed by atoms with van der Waals surface area (Å²) in [5, 5.41) is 9.09. The molecular formula is C33H29Cl2N3O6S. The van der Waals surface area contributed by atoms with E-state index in [1.165, 1.54) is 39.2 Å². The van der Waals surface area contributed by atoms with Crippen LogP contribution in [0.3, 0.4) is 0 Å². The van der Waals surface area contributed by atoms with Crippen molar-refractivity contribution in [2.24, 2.45) is 0 Å². The molecule has 0 heterocycles. The Kier molecular flexibility index (Phi) is 11.7. The van der Waals surface area contributed by atoms with E-state index in [2.05, 4.69) is 16.0 Å². The van der Waals surface area contributed by atoms with Crippen LogP contribution in [0.15, 0.2) is 95.5 Å². The first-order valence-electron chi connectivity index (χ1n) is 13.4. The van der Waals surface area contributed by atoms with Crippen LogP contribution in [0, 0.1) is 0 Å². The number of rotatable bonds is 12. The van der Waals surface area contributed by atoms with Gasteiger partial charge in [-0.25, -0.2) is 0 Å². The van der Waals surface area contributed by atoms with Gasteiger partial charge >= 0.3 is 0 Å². The number of nitrogens with one attached hydrogen (secondary N) is 3. The summed E-state index contributed by atoms with van der Waals surface area (Å²) in [5.74, 6) is -0.00930. The zero-order valence-corrected chi connectivity index (χ0v) is 26.8. The van der Waals surface area contributed by atoms with Gasteiger partial charge in [0.25, 0.3) is 11.8 Å². The molecule has 0 unspecified atom stereocenters. The molecule has 0 aromatic heterocycles. The molecule has 0 radical (unpaired) electrons. The Morgan fingerprint density at radius 3 is 2.18 bits per heavy atom. The minimum absolute atomic E-state index is 0.0494. The molecule has 0 aliphatic rings. The van der Waals surface area contributed by atoms with Crippen molar-refractivity contribution in [3.63, 3.8) is 0 Å². The fourth-order valence-electron chi connectivity index (χ4n) is 4.05. The van der Waals surface area contributed by atoms with Gasteiger partial charge in [-0.3, -0.25) is 14.4 Å². The number of halogens is 2. The van der Waals surface area contributed by atoms with Crippen LogP contribution in [0.5, 0.6) is 17.2 Å². The first-order valence-corrected chi connectivity index (χ1v) is 15.1. The lowest BCUT2D eigenvalue weighted by Gasteiger charge is -2.15. The van der Waals surface area contributed by atoms with Gasteiger partial charge in [0, 0.05) is 32.8 Å². The number of hydrogen-bond donors (Lipinski definition) is 3. The third-order valence-electron chi connectivity index (χ3n) is 6.23. The predicted molar refractivity (Wildman–Crippen MR) is 179 cm³/mol. The van der Waals surface area contributed by atoms with Gasteiger partial charge in [0.2, 0.25) is 5.91 Å². The third-order valence-corrected chi connectivity index (χ3v) is 7.77. The van der Waals surface area contributed by atoms with Crippen molar-refractivity contribution in [1.82, 2.24) is 5.32 Å². The summed E-state index contributed by atoms with van der Waals surface area (Å²) in [6, 6.07) is 23.6. The van der Waals surface area contributed by atoms with Crippen LogP contribution < -0.4 is 30.2 Å². The summed E-state index contributed by atoms with van der Waals surface area (Å²) in [7, 11) is 4.47. The van der Waals surface area contributed by atoms with Crippen LogP contribution in [0.4, 0.5) is 11.4 Å². The van der Waals surface area contributed by atoms with Crippen molar-refractivity contribution >= 4 is 70.1 Å². The molecule has 45 heavy (non-hydrogen) atoms. The number of carbonyl (C=O) groups is 3. The zero-order chi connectivity index (χ0) is 32.3. The topological polar surface area (TPSA) is 115 Å². The predicted octanol–water partition coefficient (Wildman–Crippen LogP) is 7.16. The molecule has 12 heteroatoms. The van der Waals surface area contributed by atoms with Crippen molar-refractivity contribution in [1.29, 1.82) is 0 Å². The number of benzene rings is 4. The Balaban J connectivity index is 1.55. The van der Waals surface area contributed by atoms with Crippen molar-refractivity contribution in [2.45, 2.75) is 4.90 Å². The smallest absolute Gasteiger partial charge is 0.272 e. The van der Waals surface area contributed by atoms with Gasteiger partial charge in [-0.2, -0.15) is 0 Å². The molecule has 4 rings (SSSR count). The summed E-state index contributed by atoms with van der Waals surface area (Å²) < 4.78 is 16.3. The first-order chi connectivity index (χ1) is 21.7. The summed E-state index contributed by atoms with van der Waals surface area (Å²) in [6.07, 6.45) is 1.49. The summed E-state index contributed by atoms with van der Waals surface area (Å²) >= 11 is 13.3. The van der Waals surface area contributed by atoms with E-state index in [1.54, 1.807) is 78.9 Å². The molecule has 232 valence electrons. The molecule has 0 fully saturated rings. The van der Waals surface area contributed by atoms with Crippen molar-refractivity contribution < 1.29 is 28.6 Å². The van der Waals surface area contributed by atoms with Gasteiger partial charge in [0.05, 0.1) is 37.8 Å². The molecule has 9 nitrogen and oxygen atoms in total. The lowest BCUT2D eigenvalue weighted by molar-refractivity contribution is -0.114. The highest BCUT2D eigenvalue weighted by atomic mass is 35.5. The maximum Gasteiger partial charge on any atom is 0.272 e. The minimum Gasteiger partial charge on any atom is -0.496 e. The average molecular weight is 667 g/mol. The van der Waals surface area contributed by atoms with Crippen molar-refractivity contribution in [3.8, 4) is 17.2 Å². The van der Waals surface area contributed by atoms with E-state index in [9.17, 15) is 14.4 Å². The van der Waals surface area contributed by atoms with Crippen molar-refractivity contribution in [3.05, 3.63) is 112 Å². The largest absolute Gasteiger partial charge is 0.496 e. The third kappa shape index (κ3) is 9.18. The van der Waals surface area contributed by atoms with E-state index >= 15 is 0 Å². The second-order valence-corrected chi connectivity index (χ2v) is 11.2.